The third kappa shape index (κ3) is 3.53. The topological polar surface area (TPSA) is 49.5 Å². The van der Waals surface area contributed by atoms with Gasteiger partial charge in [0, 0.05) is 19.6 Å². The van der Waals surface area contributed by atoms with Crippen molar-refractivity contribution in [2.75, 3.05) is 13.6 Å². The van der Waals surface area contributed by atoms with Gasteiger partial charge in [0.05, 0.1) is 6.10 Å². The molecule has 94 valence electrons. The van der Waals surface area contributed by atoms with Crippen LogP contribution in [0, 0.1) is 5.92 Å². The van der Waals surface area contributed by atoms with E-state index in [9.17, 15) is 5.11 Å². The molecule has 1 aliphatic rings. The molecule has 1 aromatic rings. The van der Waals surface area contributed by atoms with Crippen LogP contribution < -0.4 is 5.73 Å². The third-order valence-corrected chi connectivity index (χ3v) is 3.46. The van der Waals surface area contributed by atoms with Crippen molar-refractivity contribution >= 4 is 0 Å². The van der Waals surface area contributed by atoms with E-state index in [1.165, 1.54) is 11.1 Å². The molecule has 1 fully saturated rings. The van der Waals surface area contributed by atoms with Gasteiger partial charge in [0.25, 0.3) is 0 Å². The fraction of sp³-hybridized carbons (Fsp3) is 0.571. The summed E-state index contributed by atoms with van der Waals surface area (Å²) in [5.41, 5.74) is 8.14. The highest BCUT2D eigenvalue weighted by Gasteiger charge is 2.27. The van der Waals surface area contributed by atoms with Crippen molar-refractivity contribution in [3.8, 4) is 0 Å². The second-order valence-corrected chi connectivity index (χ2v) is 5.21. The number of nitrogens with two attached hydrogens (primary N) is 1. The first kappa shape index (κ1) is 12.6. The smallest absolute Gasteiger partial charge is 0.0546 e. The molecular formula is C14H22N2O. The van der Waals surface area contributed by atoms with Crippen molar-refractivity contribution in [2.24, 2.45) is 11.7 Å². The number of rotatable bonds is 5. The van der Waals surface area contributed by atoms with Crippen molar-refractivity contribution in [1.82, 2.24) is 4.90 Å². The van der Waals surface area contributed by atoms with E-state index in [0.717, 1.165) is 25.9 Å². The minimum atomic E-state index is -0.0473. The number of benzene rings is 1. The quantitative estimate of drug-likeness (QED) is 0.808. The molecule has 0 radical (unpaired) electrons. The minimum Gasteiger partial charge on any atom is -0.393 e. The first-order valence-corrected chi connectivity index (χ1v) is 6.32. The summed E-state index contributed by atoms with van der Waals surface area (Å²) < 4.78 is 0. The highest BCUT2D eigenvalue weighted by Crippen LogP contribution is 2.27. The first-order valence-electron chi connectivity index (χ1n) is 6.32. The van der Waals surface area contributed by atoms with Crippen molar-refractivity contribution in [1.29, 1.82) is 0 Å². The van der Waals surface area contributed by atoms with Crippen molar-refractivity contribution < 1.29 is 5.11 Å². The molecule has 2 rings (SSSR count). The van der Waals surface area contributed by atoms with E-state index in [1.54, 1.807) is 0 Å². The molecule has 0 bridgehead atoms. The van der Waals surface area contributed by atoms with Crippen LogP contribution in [0.25, 0.3) is 0 Å². The summed E-state index contributed by atoms with van der Waals surface area (Å²) in [5.74, 6) is 0.674. The number of hydrogen-bond donors (Lipinski definition) is 2. The molecule has 0 spiro atoms. The fourth-order valence-electron chi connectivity index (χ4n) is 2.52. The highest BCUT2D eigenvalue weighted by molar-refractivity contribution is 5.23. The monoisotopic (exact) mass is 234 g/mol. The summed E-state index contributed by atoms with van der Waals surface area (Å²) in [6.45, 7) is 2.64. The summed E-state index contributed by atoms with van der Waals surface area (Å²) in [5, 5.41) is 9.26. The van der Waals surface area contributed by atoms with Crippen molar-refractivity contribution in [2.45, 2.75) is 32.0 Å². The van der Waals surface area contributed by atoms with E-state index in [4.69, 9.17) is 5.73 Å². The number of aliphatic hydroxyl groups excluding tert-OH is 1. The Balaban J connectivity index is 1.82. The Bertz CT molecular complexity index is 361. The predicted octanol–water partition coefficient (Wildman–Crippen LogP) is 1.35. The lowest BCUT2D eigenvalue weighted by Gasteiger charge is -2.34. The standard InChI is InChI=1S/C14H22N2O/c1-16(10-13-6-14(17)7-13)9-12-4-2-3-11(5-12)8-15/h2-5,13-14,17H,6-10,15H2,1H3. The van der Waals surface area contributed by atoms with E-state index >= 15 is 0 Å². The molecule has 0 atom stereocenters. The highest BCUT2D eigenvalue weighted by atomic mass is 16.3. The van der Waals surface area contributed by atoms with Crippen LogP contribution >= 0.6 is 0 Å². The number of hydrogen-bond acceptors (Lipinski definition) is 3. The molecule has 0 saturated heterocycles. The van der Waals surface area contributed by atoms with Gasteiger partial charge in [-0.1, -0.05) is 24.3 Å². The lowest BCUT2D eigenvalue weighted by Crippen LogP contribution is -2.36. The van der Waals surface area contributed by atoms with Crippen LogP contribution in [0.3, 0.4) is 0 Å². The summed E-state index contributed by atoms with van der Waals surface area (Å²) in [6, 6.07) is 8.45. The summed E-state index contributed by atoms with van der Waals surface area (Å²) in [4.78, 5) is 2.33. The van der Waals surface area contributed by atoms with Crippen molar-refractivity contribution in [3.05, 3.63) is 35.4 Å². The average Bonchev–Trinajstić information content (AvgIpc) is 2.27. The SMILES string of the molecule is CN(Cc1cccc(CN)c1)CC1CC(O)C1. The lowest BCUT2D eigenvalue weighted by atomic mass is 9.82. The molecule has 1 aliphatic carbocycles. The second-order valence-electron chi connectivity index (χ2n) is 5.21. The molecule has 1 saturated carbocycles. The van der Waals surface area contributed by atoms with Crippen LogP contribution in [0.2, 0.25) is 0 Å². The number of aliphatic hydroxyl groups is 1. The van der Waals surface area contributed by atoms with E-state index in [1.807, 2.05) is 0 Å². The fourth-order valence-corrected chi connectivity index (χ4v) is 2.52. The van der Waals surface area contributed by atoms with Crippen LogP contribution in [0.4, 0.5) is 0 Å². The summed E-state index contributed by atoms with van der Waals surface area (Å²) in [7, 11) is 2.14. The summed E-state index contributed by atoms with van der Waals surface area (Å²) in [6.07, 6.45) is 1.88. The second kappa shape index (κ2) is 5.63. The van der Waals surface area contributed by atoms with Gasteiger partial charge >= 0.3 is 0 Å². The Morgan fingerprint density at radius 3 is 2.71 bits per heavy atom. The van der Waals surface area contributed by atoms with Gasteiger partial charge < -0.3 is 15.7 Å². The van der Waals surface area contributed by atoms with E-state index in [-0.39, 0.29) is 6.10 Å². The zero-order chi connectivity index (χ0) is 12.3. The van der Waals surface area contributed by atoms with Crippen LogP contribution in [0.5, 0.6) is 0 Å². The normalized spacial score (nSPS) is 23.8. The van der Waals surface area contributed by atoms with Gasteiger partial charge in [0.2, 0.25) is 0 Å². The van der Waals surface area contributed by atoms with Crippen molar-refractivity contribution in [3.63, 3.8) is 0 Å². The molecular weight excluding hydrogens is 212 g/mol. The Hall–Kier alpha value is -0.900. The van der Waals surface area contributed by atoms with E-state index < -0.39 is 0 Å². The Morgan fingerprint density at radius 2 is 2.06 bits per heavy atom. The largest absolute Gasteiger partial charge is 0.393 e. The van der Waals surface area contributed by atoms with Gasteiger partial charge in [0.1, 0.15) is 0 Å². The summed E-state index contributed by atoms with van der Waals surface area (Å²) >= 11 is 0. The molecule has 17 heavy (non-hydrogen) atoms. The average molecular weight is 234 g/mol. The van der Waals surface area contributed by atoms with Crippen LogP contribution in [0.15, 0.2) is 24.3 Å². The van der Waals surface area contributed by atoms with Gasteiger partial charge in [-0.3, -0.25) is 0 Å². The van der Waals surface area contributed by atoms with Gasteiger partial charge in [-0.25, -0.2) is 0 Å². The van der Waals surface area contributed by atoms with Crippen LogP contribution in [-0.2, 0) is 13.1 Å². The Labute approximate surface area is 103 Å². The van der Waals surface area contributed by atoms with Crippen LogP contribution in [0.1, 0.15) is 24.0 Å². The Kier molecular flexibility index (Phi) is 4.15. The van der Waals surface area contributed by atoms with E-state index in [0.29, 0.717) is 12.5 Å². The zero-order valence-electron chi connectivity index (χ0n) is 10.5. The molecule has 0 heterocycles. The van der Waals surface area contributed by atoms with Gasteiger partial charge in [-0.15, -0.1) is 0 Å². The molecule has 3 N–H and O–H groups in total. The molecule has 0 aliphatic heterocycles. The molecule has 0 amide bonds. The zero-order valence-corrected chi connectivity index (χ0v) is 10.5. The first-order chi connectivity index (χ1) is 8.17. The maximum Gasteiger partial charge on any atom is 0.0546 e. The maximum absolute atomic E-state index is 9.26. The van der Waals surface area contributed by atoms with E-state index in [2.05, 4.69) is 36.2 Å². The predicted molar refractivity (Wildman–Crippen MR) is 69.4 cm³/mol. The van der Waals surface area contributed by atoms with Gasteiger partial charge in [-0.05, 0) is 36.9 Å². The van der Waals surface area contributed by atoms with Gasteiger partial charge in [0.15, 0.2) is 0 Å². The minimum absolute atomic E-state index is 0.0473. The lowest BCUT2D eigenvalue weighted by molar-refractivity contribution is 0.0274. The molecule has 0 unspecified atom stereocenters. The van der Waals surface area contributed by atoms with Gasteiger partial charge in [-0.2, -0.15) is 0 Å². The molecule has 0 aromatic heterocycles. The van der Waals surface area contributed by atoms with Crippen LogP contribution in [-0.4, -0.2) is 29.7 Å². The molecule has 3 heteroatoms. The molecule has 3 nitrogen and oxygen atoms in total. The number of nitrogens with zero attached hydrogens (tertiary/aromatic N) is 1. The third-order valence-electron chi connectivity index (χ3n) is 3.46. The maximum atomic E-state index is 9.26. The Morgan fingerprint density at radius 1 is 1.35 bits per heavy atom. The molecule has 1 aromatic carbocycles.